The monoisotopic (exact) mass is 425 g/mol. The fourth-order valence-electron chi connectivity index (χ4n) is 3.11. The van der Waals surface area contributed by atoms with Gasteiger partial charge in [-0.1, -0.05) is 47.2 Å². The first-order valence-corrected chi connectivity index (χ1v) is 10.4. The van der Waals surface area contributed by atoms with E-state index in [-0.39, 0.29) is 5.91 Å². The first-order chi connectivity index (χ1) is 14.0. The molecule has 4 rings (SSSR count). The lowest BCUT2D eigenvalue weighted by Crippen LogP contribution is -2.23. The van der Waals surface area contributed by atoms with Crippen molar-refractivity contribution in [2.75, 3.05) is 30.8 Å². The van der Waals surface area contributed by atoms with Crippen molar-refractivity contribution in [2.24, 2.45) is 4.99 Å². The molecule has 8 heteroatoms. The largest absolute Gasteiger partial charge is 0.358 e. The molecule has 29 heavy (non-hydrogen) atoms. The summed E-state index contributed by atoms with van der Waals surface area (Å²) in [6.07, 6.45) is 1.56. The quantitative estimate of drug-likeness (QED) is 0.616. The van der Waals surface area contributed by atoms with Gasteiger partial charge in [-0.25, -0.2) is 4.98 Å². The molecule has 0 bridgehead atoms. The lowest BCUT2D eigenvalue weighted by atomic mass is 10.2. The van der Waals surface area contributed by atoms with Gasteiger partial charge in [0.1, 0.15) is 10.7 Å². The van der Waals surface area contributed by atoms with Gasteiger partial charge in [-0.15, -0.1) is 0 Å². The summed E-state index contributed by atoms with van der Waals surface area (Å²) in [6.45, 7) is 3.66. The van der Waals surface area contributed by atoms with Crippen molar-refractivity contribution in [1.29, 1.82) is 0 Å². The fourth-order valence-corrected chi connectivity index (χ4v) is 4.11. The molecule has 1 aliphatic rings. The summed E-state index contributed by atoms with van der Waals surface area (Å²) in [6, 6.07) is 13.5. The van der Waals surface area contributed by atoms with Gasteiger partial charge in [0.2, 0.25) is 0 Å². The topological polar surface area (TPSA) is 69.6 Å². The van der Waals surface area contributed by atoms with Gasteiger partial charge in [0.05, 0.1) is 23.5 Å². The van der Waals surface area contributed by atoms with Gasteiger partial charge < -0.3 is 15.5 Å². The molecule has 2 N–H and O–H groups in total. The molecule has 0 aliphatic carbocycles. The minimum absolute atomic E-state index is 0.234. The number of halogens is 1. The Kier molecular flexibility index (Phi) is 5.51. The molecule has 0 atom stereocenters. The highest BCUT2D eigenvalue weighted by Gasteiger charge is 2.16. The number of amides is 1. The van der Waals surface area contributed by atoms with Crippen molar-refractivity contribution >= 4 is 51.2 Å². The van der Waals surface area contributed by atoms with Crippen LogP contribution in [0.25, 0.3) is 0 Å². The van der Waals surface area contributed by atoms with Crippen LogP contribution in [0, 0.1) is 6.92 Å². The van der Waals surface area contributed by atoms with Crippen LogP contribution in [-0.2, 0) is 0 Å². The van der Waals surface area contributed by atoms with Crippen molar-refractivity contribution in [3.05, 3.63) is 69.7 Å². The Hall–Kier alpha value is -2.90. The van der Waals surface area contributed by atoms with E-state index in [0.29, 0.717) is 20.7 Å². The molecule has 148 valence electrons. The average molecular weight is 426 g/mol. The fraction of sp³-hybridized carbons (Fsp3) is 0.190. The number of nitrogens with zero attached hydrogens (tertiary/aromatic N) is 3. The number of carbonyl (C=O) groups excluding carboxylic acids is 1. The number of aliphatic imine (C=N–C) groups is 1. The highest BCUT2D eigenvalue weighted by molar-refractivity contribution is 7.17. The Balaban J connectivity index is 1.48. The van der Waals surface area contributed by atoms with Crippen LogP contribution in [0.15, 0.2) is 53.7 Å². The summed E-state index contributed by atoms with van der Waals surface area (Å²) in [5, 5.41) is 7.30. The van der Waals surface area contributed by atoms with E-state index in [1.807, 2.05) is 50.4 Å². The van der Waals surface area contributed by atoms with Crippen LogP contribution in [-0.4, -0.2) is 41.8 Å². The molecule has 0 spiro atoms. The Morgan fingerprint density at radius 2 is 2.07 bits per heavy atom. The third kappa shape index (κ3) is 4.26. The van der Waals surface area contributed by atoms with Gasteiger partial charge in [0.25, 0.3) is 5.91 Å². The second kappa shape index (κ2) is 8.23. The highest BCUT2D eigenvalue weighted by Crippen LogP contribution is 2.28. The summed E-state index contributed by atoms with van der Waals surface area (Å²) in [4.78, 5) is 24.1. The van der Waals surface area contributed by atoms with Crippen LogP contribution >= 0.6 is 22.9 Å². The smallest absolute Gasteiger partial charge is 0.267 e. The third-order valence-electron chi connectivity index (χ3n) is 4.62. The summed E-state index contributed by atoms with van der Waals surface area (Å²) in [5.74, 6) is 0.755. The standard InChI is InChI=1S/C21H20ClN5OS/c1-13-5-3-8-16(22)18(13)26-20(28)17-12-24-21(29-17)25-15-7-4-6-14(11-15)19-23-9-10-27(19)2/h3-8,11-12H,9-10H2,1-2H3,(H,24,25)(H,26,28). The molecule has 0 saturated heterocycles. The predicted molar refractivity (Wildman–Crippen MR) is 120 cm³/mol. The molecule has 0 fully saturated rings. The number of rotatable bonds is 5. The van der Waals surface area contributed by atoms with Crippen molar-refractivity contribution in [3.8, 4) is 0 Å². The number of thiazole rings is 1. The second-order valence-corrected chi connectivity index (χ2v) is 8.19. The molecule has 3 aromatic rings. The Bertz CT molecular complexity index is 1070. The molecule has 0 unspecified atom stereocenters. The van der Waals surface area contributed by atoms with Gasteiger partial charge in [0.15, 0.2) is 5.13 Å². The molecular formula is C21H20ClN5OS. The minimum Gasteiger partial charge on any atom is -0.358 e. The van der Waals surface area contributed by atoms with E-state index in [2.05, 4.69) is 25.5 Å². The van der Waals surface area contributed by atoms with E-state index in [1.54, 1.807) is 12.3 Å². The van der Waals surface area contributed by atoms with Crippen LogP contribution in [0.4, 0.5) is 16.5 Å². The number of hydrogen-bond acceptors (Lipinski definition) is 6. The second-order valence-electron chi connectivity index (χ2n) is 6.75. The third-order valence-corrected chi connectivity index (χ3v) is 5.85. The number of amidine groups is 1. The SMILES string of the molecule is Cc1cccc(Cl)c1NC(=O)c1cnc(Nc2cccc(C3=NCCN3C)c2)s1. The van der Waals surface area contributed by atoms with Crippen LogP contribution in [0.1, 0.15) is 20.8 Å². The molecule has 1 aliphatic heterocycles. The molecule has 0 saturated carbocycles. The van der Waals surface area contributed by atoms with Crippen LogP contribution in [0.2, 0.25) is 5.02 Å². The molecule has 2 heterocycles. The Morgan fingerprint density at radius 3 is 2.83 bits per heavy atom. The molecule has 0 radical (unpaired) electrons. The average Bonchev–Trinajstić information content (AvgIpc) is 3.34. The maximum absolute atomic E-state index is 12.6. The summed E-state index contributed by atoms with van der Waals surface area (Å²) < 4.78 is 0. The number of aryl methyl sites for hydroxylation is 1. The van der Waals surface area contributed by atoms with Gasteiger partial charge >= 0.3 is 0 Å². The number of aromatic nitrogens is 1. The van der Waals surface area contributed by atoms with Gasteiger partial charge in [-0.05, 0) is 30.7 Å². The molecular weight excluding hydrogens is 406 g/mol. The first-order valence-electron chi connectivity index (χ1n) is 9.16. The van der Waals surface area contributed by atoms with E-state index in [9.17, 15) is 4.79 Å². The summed E-state index contributed by atoms with van der Waals surface area (Å²) in [7, 11) is 2.04. The van der Waals surface area contributed by atoms with E-state index in [0.717, 1.165) is 35.7 Å². The molecule has 6 nitrogen and oxygen atoms in total. The number of para-hydroxylation sites is 1. The minimum atomic E-state index is -0.234. The van der Waals surface area contributed by atoms with Crippen LogP contribution < -0.4 is 10.6 Å². The number of likely N-dealkylation sites (N-methyl/N-ethyl adjacent to an activating group) is 1. The Labute approximate surface area is 178 Å². The maximum Gasteiger partial charge on any atom is 0.267 e. The normalized spacial score (nSPS) is 13.3. The lowest BCUT2D eigenvalue weighted by molar-refractivity contribution is 0.103. The zero-order valence-corrected chi connectivity index (χ0v) is 17.6. The number of anilines is 3. The predicted octanol–water partition coefficient (Wildman–Crippen LogP) is 4.79. The van der Waals surface area contributed by atoms with Gasteiger partial charge in [-0.2, -0.15) is 0 Å². The van der Waals surface area contributed by atoms with Gasteiger partial charge in [0, 0.05) is 24.8 Å². The molecule has 2 aromatic carbocycles. The Morgan fingerprint density at radius 1 is 1.24 bits per heavy atom. The highest BCUT2D eigenvalue weighted by atomic mass is 35.5. The van der Waals surface area contributed by atoms with Crippen molar-refractivity contribution in [2.45, 2.75) is 6.92 Å². The zero-order chi connectivity index (χ0) is 20.4. The number of benzene rings is 2. The first kappa shape index (κ1) is 19.4. The lowest BCUT2D eigenvalue weighted by Gasteiger charge is -2.14. The van der Waals surface area contributed by atoms with Crippen molar-refractivity contribution in [1.82, 2.24) is 9.88 Å². The van der Waals surface area contributed by atoms with E-state index < -0.39 is 0 Å². The van der Waals surface area contributed by atoms with Crippen molar-refractivity contribution < 1.29 is 4.79 Å². The maximum atomic E-state index is 12.6. The van der Waals surface area contributed by atoms with Crippen LogP contribution in [0.3, 0.4) is 0 Å². The van der Waals surface area contributed by atoms with E-state index >= 15 is 0 Å². The number of nitrogens with one attached hydrogen (secondary N) is 2. The van der Waals surface area contributed by atoms with E-state index in [4.69, 9.17) is 11.6 Å². The summed E-state index contributed by atoms with van der Waals surface area (Å²) >= 11 is 7.49. The van der Waals surface area contributed by atoms with Crippen molar-refractivity contribution in [3.63, 3.8) is 0 Å². The number of hydrogen-bond donors (Lipinski definition) is 2. The van der Waals surface area contributed by atoms with Crippen LogP contribution in [0.5, 0.6) is 0 Å². The summed E-state index contributed by atoms with van der Waals surface area (Å²) in [5.41, 5.74) is 3.48. The van der Waals surface area contributed by atoms with E-state index in [1.165, 1.54) is 11.3 Å². The zero-order valence-electron chi connectivity index (χ0n) is 16.1. The number of carbonyl (C=O) groups is 1. The molecule has 1 amide bonds. The van der Waals surface area contributed by atoms with Gasteiger partial charge in [-0.3, -0.25) is 9.79 Å². The molecule has 1 aromatic heterocycles.